The number of anilines is 1. The highest BCUT2D eigenvalue weighted by atomic mass is 79.9. The Hall–Kier alpha value is -2.47. The molecule has 0 saturated carbocycles. The number of carbonyl (C=O) groups excluding carboxylic acids is 1. The third kappa shape index (κ3) is 3.17. The first-order valence-corrected chi connectivity index (χ1v) is 7.04. The fraction of sp³-hybridized carbons (Fsp3) is 0. The van der Waals surface area contributed by atoms with E-state index in [-0.39, 0.29) is 11.9 Å². The van der Waals surface area contributed by atoms with Gasteiger partial charge in [-0.25, -0.2) is 9.97 Å². The van der Waals surface area contributed by atoms with Crippen LogP contribution in [0.15, 0.2) is 65.7 Å². The van der Waals surface area contributed by atoms with Crippen LogP contribution in [0.5, 0.6) is 0 Å². The molecular weight excluding hydrogens is 332 g/mol. The summed E-state index contributed by atoms with van der Waals surface area (Å²) in [4.78, 5) is 20.1. The molecule has 1 amide bonds. The maximum absolute atomic E-state index is 12.1. The highest BCUT2D eigenvalue weighted by molar-refractivity contribution is 9.10. The summed E-state index contributed by atoms with van der Waals surface area (Å²) in [6.07, 6.45) is 7.06. The minimum atomic E-state index is -0.239. The molecule has 2 heterocycles. The molecular formula is C15H11BrN4O. The summed E-state index contributed by atoms with van der Waals surface area (Å²) in [5.41, 5.74) is 1.55. The Morgan fingerprint density at radius 1 is 1.05 bits per heavy atom. The van der Waals surface area contributed by atoms with E-state index >= 15 is 0 Å². The van der Waals surface area contributed by atoms with Crippen LogP contribution in [0.1, 0.15) is 10.4 Å². The average Bonchev–Trinajstić information content (AvgIpc) is 3.04. The summed E-state index contributed by atoms with van der Waals surface area (Å²) in [7, 11) is 0. The van der Waals surface area contributed by atoms with E-state index in [9.17, 15) is 4.79 Å². The molecule has 2 aromatic heterocycles. The van der Waals surface area contributed by atoms with Crippen molar-refractivity contribution in [3.63, 3.8) is 0 Å². The van der Waals surface area contributed by atoms with Crippen LogP contribution in [0, 0.1) is 0 Å². The highest BCUT2D eigenvalue weighted by Gasteiger charge is 2.07. The van der Waals surface area contributed by atoms with Gasteiger partial charge in [-0.1, -0.05) is 0 Å². The second-order valence-corrected chi connectivity index (χ2v) is 5.23. The zero-order valence-electron chi connectivity index (χ0n) is 10.9. The van der Waals surface area contributed by atoms with Gasteiger partial charge in [-0.05, 0) is 52.3 Å². The van der Waals surface area contributed by atoms with E-state index in [0.29, 0.717) is 5.56 Å². The summed E-state index contributed by atoms with van der Waals surface area (Å²) < 4.78 is 2.73. The summed E-state index contributed by atoms with van der Waals surface area (Å²) in [5.74, 6) is 0.0362. The number of rotatable bonds is 3. The van der Waals surface area contributed by atoms with Crippen molar-refractivity contribution in [1.29, 1.82) is 0 Å². The van der Waals surface area contributed by atoms with Gasteiger partial charge in [-0.2, -0.15) is 0 Å². The molecule has 0 aliphatic carbocycles. The minimum Gasteiger partial charge on any atom is -0.324 e. The van der Waals surface area contributed by atoms with Crippen LogP contribution >= 0.6 is 15.9 Å². The maximum atomic E-state index is 12.1. The first kappa shape index (κ1) is 13.5. The molecule has 21 heavy (non-hydrogen) atoms. The van der Waals surface area contributed by atoms with Crippen LogP contribution in [0.4, 0.5) is 5.95 Å². The van der Waals surface area contributed by atoms with Crippen LogP contribution < -0.4 is 5.32 Å². The van der Waals surface area contributed by atoms with Crippen molar-refractivity contribution in [2.45, 2.75) is 0 Å². The van der Waals surface area contributed by atoms with E-state index in [1.807, 2.05) is 41.2 Å². The number of benzene rings is 1. The SMILES string of the molecule is O=C(Nc1ncc(Br)cn1)c1ccc(-n2cccc2)cc1. The van der Waals surface area contributed by atoms with Gasteiger partial charge in [-0.15, -0.1) is 0 Å². The number of amides is 1. The van der Waals surface area contributed by atoms with Crippen LogP contribution in [-0.4, -0.2) is 20.4 Å². The van der Waals surface area contributed by atoms with E-state index < -0.39 is 0 Å². The Labute approximate surface area is 129 Å². The zero-order valence-corrected chi connectivity index (χ0v) is 12.5. The normalized spacial score (nSPS) is 10.3. The number of hydrogen-bond donors (Lipinski definition) is 1. The quantitative estimate of drug-likeness (QED) is 0.794. The molecule has 1 aromatic carbocycles. The molecule has 0 aliphatic rings. The second kappa shape index (κ2) is 5.88. The van der Waals surface area contributed by atoms with Crippen molar-refractivity contribution in [2.75, 3.05) is 5.32 Å². The predicted molar refractivity (Wildman–Crippen MR) is 83.5 cm³/mol. The molecule has 0 radical (unpaired) electrons. The van der Waals surface area contributed by atoms with Gasteiger partial charge < -0.3 is 4.57 Å². The number of nitrogens with one attached hydrogen (secondary N) is 1. The van der Waals surface area contributed by atoms with Crippen LogP contribution in [-0.2, 0) is 0 Å². The van der Waals surface area contributed by atoms with E-state index in [2.05, 4.69) is 31.2 Å². The fourth-order valence-corrected chi connectivity index (χ4v) is 2.05. The Bertz CT molecular complexity index is 736. The van der Waals surface area contributed by atoms with E-state index in [1.54, 1.807) is 24.5 Å². The fourth-order valence-electron chi connectivity index (χ4n) is 1.84. The minimum absolute atomic E-state index is 0.239. The van der Waals surface area contributed by atoms with E-state index in [4.69, 9.17) is 0 Å². The molecule has 1 N–H and O–H groups in total. The third-order valence-electron chi connectivity index (χ3n) is 2.88. The topological polar surface area (TPSA) is 59.8 Å². The number of hydrogen-bond acceptors (Lipinski definition) is 3. The molecule has 0 atom stereocenters. The maximum Gasteiger partial charge on any atom is 0.258 e. The van der Waals surface area contributed by atoms with Crippen molar-refractivity contribution >= 4 is 27.8 Å². The Morgan fingerprint density at radius 2 is 1.67 bits per heavy atom. The standard InChI is InChI=1S/C15H11BrN4O/c16-12-9-17-15(18-10-12)19-14(21)11-3-5-13(6-4-11)20-7-1-2-8-20/h1-10H,(H,17,18,19,21). The van der Waals surface area contributed by atoms with Gasteiger partial charge in [0.05, 0.1) is 4.47 Å². The second-order valence-electron chi connectivity index (χ2n) is 4.32. The molecule has 0 aliphatic heterocycles. The lowest BCUT2D eigenvalue weighted by molar-refractivity contribution is 0.102. The third-order valence-corrected chi connectivity index (χ3v) is 3.29. The largest absolute Gasteiger partial charge is 0.324 e. The van der Waals surface area contributed by atoms with Gasteiger partial charge in [0.15, 0.2) is 0 Å². The van der Waals surface area contributed by atoms with Gasteiger partial charge in [0.1, 0.15) is 0 Å². The first-order chi connectivity index (χ1) is 10.2. The summed E-state index contributed by atoms with van der Waals surface area (Å²) in [6, 6.07) is 11.2. The average molecular weight is 343 g/mol. The van der Waals surface area contributed by atoms with Gasteiger partial charge in [0.2, 0.25) is 5.95 Å². The van der Waals surface area contributed by atoms with Gasteiger partial charge in [-0.3, -0.25) is 10.1 Å². The molecule has 3 aromatic rings. The lowest BCUT2D eigenvalue weighted by Crippen LogP contribution is -2.14. The molecule has 104 valence electrons. The molecule has 5 nitrogen and oxygen atoms in total. The number of halogens is 1. The van der Waals surface area contributed by atoms with Crippen LogP contribution in [0.25, 0.3) is 5.69 Å². The molecule has 6 heteroatoms. The molecule has 0 bridgehead atoms. The van der Waals surface area contributed by atoms with Crippen LogP contribution in [0.2, 0.25) is 0 Å². The van der Waals surface area contributed by atoms with E-state index in [0.717, 1.165) is 10.2 Å². The van der Waals surface area contributed by atoms with Crippen molar-refractivity contribution in [1.82, 2.24) is 14.5 Å². The van der Waals surface area contributed by atoms with Crippen molar-refractivity contribution in [2.24, 2.45) is 0 Å². The Kier molecular flexibility index (Phi) is 3.79. The smallest absolute Gasteiger partial charge is 0.258 e. The summed E-state index contributed by atoms with van der Waals surface area (Å²) in [6.45, 7) is 0. The summed E-state index contributed by atoms with van der Waals surface area (Å²) >= 11 is 3.24. The number of carbonyl (C=O) groups is 1. The Morgan fingerprint density at radius 3 is 2.29 bits per heavy atom. The van der Waals surface area contributed by atoms with Crippen molar-refractivity contribution < 1.29 is 4.79 Å². The molecule has 0 saturated heterocycles. The van der Waals surface area contributed by atoms with Crippen molar-refractivity contribution in [3.05, 3.63) is 71.2 Å². The number of aromatic nitrogens is 3. The number of nitrogens with zero attached hydrogens (tertiary/aromatic N) is 3. The summed E-state index contributed by atoms with van der Waals surface area (Å²) in [5, 5.41) is 2.65. The lowest BCUT2D eigenvalue weighted by Gasteiger charge is -2.06. The molecule has 0 fully saturated rings. The van der Waals surface area contributed by atoms with E-state index in [1.165, 1.54) is 0 Å². The van der Waals surface area contributed by atoms with Gasteiger partial charge in [0, 0.05) is 36.0 Å². The van der Waals surface area contributed by atoms with Gasteiger partial charge in [0.25, 0.3) is 5.91 Å². The van der Waals surface area contributed by atoms with Gasteiger partial charge >= 0.3 is 0 Å². The highest BCUT2D eigenvalue weighted by Crippen LogP contribution is 2.12. The Balaban J connectivity index is 1.74. The first-order valence-electron chi connectivity index (χ1n) is 6.25. The zero-order chi connectivity index (χ0) is 14.7. The molecule has 0 unspecified atom stereocenters. The van der Waals surface area contributed by atoms with Crippen molar-refractivity contribution in [3.8, 4) is 5.69 Å². The molecule has 3 rings (SSSR count). The molecule has 0 spiro atoms. The predicted octanol–water partition coefficient (Wildman–Crippen LogP) is 3.28. The monoisotopic (exact) mass is 342 g/mol. The lowest BCUT2D eigenvalue weighted by atomic mass is 10.2. The van der Waals surface area contributed by atoms with Crippen LogP contribution in [0.3, 0.4) is 0 Å².